The molecule has 2 aromatic carbocycles. The van der Waals surface area contributed by atoms with Crippen molar-refractivity contribution in [1.82, 2.24) is 0 Å². The first-order valence-electron chi connectivity index (χ1n) is 10.6. The average molecular weight is 411 g/mol. The van der Waals surface area contributed by atoms with E-state index >= 15 is 0 Å². The van der Waals surface area contributed by atoms with Crippen LogP contribution in [0, 0.1) is 6.92 Å². The summed E-state index contributed by atoms with van der Waals surface area (Å²) in [5.41, 5.74) is 2.59. The minimum absolute atomic E-state index is 0.0142. The quantitative estimate of drug-likeness (QED) is 0.576. The molecule has 2 amide bonds. The van der Waals surface area contributed by atoms with Crippen molar-refractivity contribution in [3.63, 3.8) is 0 Å². The molecule has 0 spiro atoms. The third-order valence-corrected chi connectivity index (χ3v) is 5.01. The monoisotopic (exact) mass is 410 g/mol. The van der Waals surface area contributed by atoms with E-state index in [2.05, 4.69) is 12.2 Å². The fourth-order valence-electron chi connectivity index (χ4n) is 3.28. The van der Waals surface area contributed by atoms with Crippen molar-refractivity contribution in [2.75, 3.05) is 30.0 Å². The number of nitrogens with one attached hydrogen (secondary N) is 1. The van der Waals surface area contributed by atoms with E-state index < -0.39 is 0 Å². The van der Waals surface area contributed by atoms with Crippen molar-refractivity contribution in [1.29, 1.82) is 0 Å². The van der Waals surface area contributed by atoms with Crippen molar-refractivity contribution in [3.8, 4) is 11.5 Å². The number of hydrogen-bond acceptors (Lipinski definition) is 4. The Morgan fingerprint density at radius 3 is 2.70 bits per heavy atom. The molecule has 1 aliphatic heterocycles. The van der Waals surface area contributed by atoms with Gasteiger partial charge in [-0.1, -0.05) is 31.0 Å². The third kappa shape index (κ3) is 5.99. The number of fused-ring (bicyclic) bond motifs is 1. The standard InChI is InChI=1S/C24H30N2O4/c1-3-4-7-23(27)25-19-10-13-22-21(16-19)26(24(28)17-30-22)14-5-6-15-29-20-11-8-18(2)9-12-20/h8-13,16H,3-7,14-15,17H2,1-2H3,(H,25,27). The molecule has 3 rings (SSSR count). The number of nitrogens with zero attached hydrogens (tertiary/aromatic N) is 1. The minimum Gasteiger partial charge on any atom is -0.494 e. The highest BCUT2D eigenvalue weighted by atomic mass is 16.5. The van der Waals surface area contributed by atoms with Crippen LogP contribution < -0.4 is 19.7 Å². The number of amides is 2. The Morgan fingerprint density at radius 2 is 1.93 bits per heavy atom. The van der Waals surface area contributed by atoms with E-state index in [4.69, 9.17) is 9.47 Å². The average Bonchev–Trinajstić information content (AvgIpc) is 2.74. The lowest BCUT2D eigenvalue weighted by Gasteiger charge is -2.30. The second-order valence-electron chi connectivity index (χ2n) is 7.54. The molecule has 6 nitrogen and oxygen atoms in total. The van der Waals surface area contributed by atoms with Gasteiger partial charge in [-0.15, -0.1) is 0 Å². The minimum atomic E-state index is -0.0728. The summed E-state index contributed by atoms with van der Waals surface area (Å²) in [5, 5.41) is 2.91. The van der Waals surface area contributed by atoms with E-state index in [0.29, 0.717) is 36.7 Å². The third-order valence-electron chi connectivity index (χ3n) is 5.01. The summed E-state index contributed by atoms with van der Waals surface area (Å²) in [6, 6.07) is 13.4. The molecule has 2 aromatic rings. The van der Waals surface area contributed by atoms with Crippen LogP contribution in [-0.4, -0.2) is 31.6 Å². The molecule has 0 aliphatic carbocycles. The Labute approximate surface area is 178 Å². The first-order valence-corrected chi connectivity index (χ1v) is 10.6. The number of rotatable bonds is 10. The van der Waals surface area contributed by atoms with Crippen molar-refractivity contribution in [3.05, 3.63) is 48.0 Å². The predicted molar refractivity (Wildman–Crippen MR) is 118 cm³/mol. The maximum absolute atomic E-state index is 12.4. The fraction of sp³-hybridized carbons (Fsp3) is 0.417. The number of aryl methyl sites for hydroxylation is 1. The predicted octanol–water partition coefficient (Wildman–Crippen LogP) is 4.71. The molecule has 0 radical (unpaired) electrons. The molecule has 1 N–H and O–H groups in total. The highest BCUT2D eigenvalue weighted by Gasteiger charge is 2.25. The Hall–Kier alpha value is -3.02. The molecule has 0 aromatic heterocycles. The van der Waals surface area contributed by atoms with Crippen molar-refractivity contribution in [2.45, 2.75) is 46.0 Å². The summed E-state index contributed by atoms with van der Waals surface area (Å²) in [6.07, 6.45) is 3.97. The molecule has 0 fully saturated rings. The Morgan fingerprint density at radius 1 is 1.13 bits per heavy atom. The summed E-state index contributed by atoms with van der Waals surface area (Å²) >= 11 is 0. The van der Waals surface area contributed by atoms with Crippen LogP contribution in [-0.2, 0) is 9.59 Å². The van der Waals surface area contributed by atoms with Gasteiger partial charge in [0.15, 0.2) is 6.61 Å². The molecule has 160 valence electrons. The highest BCUT2D eigenvalue weighted by Crippen LogP contribution is 2.34. The smallest absolute Gasteiger partial charge is 0.265 e. The SMILES string of the molecule is CCCCC(=O)Nc1ccc2c(c1)N(CCCCOc1ccc(C)cc1)C(=O)CO2. The summed E-state index contributed by atoms with van der Waals surface area (Å²) in [6.45, 7) is 5.32. The number of carbonyl (C=O) groups excluding carboxylic acids is 2. The van der Waals surface area contributed by atoms with Crippen LogP contribution in [0.15, 0.2) is 42.5 Å². The van der Waals surface area contributed by atoms with E-state index in [-0.39, 0.29) is 18.4 Å². The zero-order valence-corrected chi connectivity index (χ0v) is 17.8. The normalized spacial score (nSPS) is 12.9. The Kier molecular flexibility index (Phi) is 7.71. The van der Waals surface area contributed by atoms with E-state index in [9.17, 15) is 9.59 Å². The lowest BCUT2D eigenvalue weighted by molar-refractivity contribution is -0.121. The fourth-order valence-corrected chi connectivity index (χ4v) is 3.28. The van der Waals surface area contributed by atoms with Crippen molar-refractivity contribution < 1.29 is 19.1 Å². The molecule has 0 unspecified atom stereocenters. The zero-order valence-electron chi connectivity index (χ0n) is 17.8. The highest BCUT2D eigenvalue weighted by molar-refractivity contribution is 5.99. The van der Waals surface area contributed by atoms with Crippen LogP contribution in [0.1, 0.15) is 44.6 Å². The van der Waals surface area contributed by atoms with Crippen molar-refractivity contribution >= 4 is 23.2 Å². The van der Waals surface area contributed by atoms with Gasteiger partial charge in [0.2, 0.25) is 5.91 Å². The van der Waals surface area contributed by atoms with Gasteiger partial charge < -0.3 is 19.7 Å². The van der Waals surface area contributed by atoms with Gasteiger partial charge in [0.25, 0.3) is 5.91 Å². The number of anilines is 2. The second kappa shape index (κ2) is 10.7. The van der Waals surface area contributed by atoms with Crippen LogP contribution in [0.4, 0.5) is 11.4 Å². The molecular formula is C24H30N2O4. The summed E-state index contributed by atoms with van der Waals surface area (Å²) in [4.78, 5) is 26.2. The molecule has 0 saturated carbocycles. The summed E-state index contributed by atoms with van der Waals surface area (Å²) in [5.74, 6) is 1.44. The Balaban J connectivity index is 1.54. The van der Waals surface area contributed by atoms with Crippen LogP contribution in [0.2, 0.25) is 0 Å². The molecule has 6 heteroatoms. The van der Waals surface area contributed by atoms with Gasteiger partial charge in [-0.05, 0) is 56.5 Å². The lowest BCUT2D eigenvalue weighted by atomic mass is 10.1. The van der Waals surface area contributed by atoms with E-state index in [1.165, 1.54) is 5.56 Å². The van der Waals surface area contributed by atoms with Crippen LogP contribution in [0.25, 0.3) is 0 Å². The Bertz CT molecular complexity index is 864. The van der Waals surface area contributed by atoms with Gasteiger partial charge in [0.05, 0.1) is 12.3 Å². The number of hydrogen-bond donors (Lipinski definition) is 1. The molecular weight excluding hydrogens is 380 g/mol. The molecule has 1 aliphatic rings. The number of carbonyl (C=O) groups is 2. The van der Waals surface area contributed by atoms with Gasteiger partial charge in [0.1, 0.15) is 11.5 Å². The first-order chi connectivity index (χ1) is 14.6. The first kappa shape index (κ1) is 21.7. The van der Waals surface area contributed by atoms with E-state index in [1.54, 1.807) is 4.90 Å². The number of unbranched alkanes of at least 4 members (excludes halogenated alkanes) is 2. The van der Waals surface area contributed by atoms with Crippen molar-refractivity contribution in [2.24, 2.45) is 0 Å². The number of benzene rings is 2. The topological polar surface area (TPSA) is 67.9 Å². The summed E-state index contributed by atoms with van der Waals surface area (Å²) in [7, 11) is 0. The van der Waals surface area contributed by atoms with Gasteiger partial charge in [-0.25, -0.2) is 0 Å². The maximum atomic E-state index is 12.4. The molecule has 30 heavy (non-hydrogen) atoms. The van der Waals surface area contributed by atoms with Crippen LogP contribution >= 0.6 is 0 Å². The van der Waals surface area contributed by atoms with E-state index in [1.807, 2.05) is 49.4 Å². The lowest BCUT2D eigenvalue weighted by Crippen LogP contribution is -2.39. The van der Waals surface area contributed by atoms with Gasteiger partial charge in [-0.2, -0.15) is 0 Å². The van der Waals surface area contributed by atoms with Gasteiger partial charge in [-0.3, -0.25) is 9.59 Å². The van der Waals surface area contributed by atoms with Gasteiger partial charge in [0, 0.05) is 18.7 Å². The molecule has 0 bridgehead atoms. The van der Waals surface area contributed by atoms with E-state index in [0.717, 1.165) is 31.4 Å². The van der Waals surface area contributed by atoms with Crippen LogP contribution in [0.5, 0.6) is 11.5 Å². The second-order valence-corrected chi connectivity index (χ2v) is 7.54. The molecule has 1 heterocycles. The van der Waals surface area contributed by atoms with Gasteiger partial charge >= 0.3 is 0 Å². The largest absolute Gasteiger partial charge is 0.494 e. The molecule has 0 saturated heterocycles. The number of ether oxygens (including phenoxy) is 2. The maximum Gasteiger partial charge on any atom is 0.265 e. The summed E-state index contributed by atoms with van der Waals surface area (Å²) < 4.78 is 11.3. The zero-order chi connectivity index (χ0) is 21.3. The molecule has 0 atom stereocenters. The van der Waals surface area contributed by atoms with Crippen LogP contribution in [0.3, 0.4) is 0 Å².